The van der Waals surface area contributed by atoms with Crippen LogP contribution >= 0.6 is 27.3 Å². The Morgan fingerprint density at radius 2 is 2.00 bits per heavy atom. The minimum absolute atomic E-state index is 0.282. The SMILES string of the molecule is CCCC(=N)C(C(=O)Nc1cc(Br)sc1C(N)=O)c1ccccc1. The van der Waals surface area contributed by atoms with E-state index in [9.17, 15) is 9.59 Å². The summed E-state index contributed by atoms with van der Waals surface area (Å²) in [7, 11) is 0. The van der Waals surface area contributed by atoms with Crippen molar-refractivity contribution in [2.75, 3.05) is 5.32 Å². The molecule has 2 amide bonds. The molecule has 7 heteroatoms. The topological polar surface area (TPSA) is 96.0 Å². The van der Waals surface area contributed by atoms with Gasteiger partial charge in [0.25, 0.3) is 5.91 Å². The molecule has 1 atom stereocenters. The number of rotatable bonds is 7. The molecule has 0 saturated carbocycles. The third-order valence-corrected chi connectivity index (χ3v) is 5.10. The van der Waals surface area contributed by atoms with Crippen LogP contribution in [-0.2, 0) is 4.79 Å². The van der Waals surface area contributed by atoms with Crippen LogP contribution in [0.15, 0.2) is 40.2 Å². The van der Waals surface area contributed by atoms with Crippen LogP contribution in [0, 0.1) is 5.41 Å². The summed E-state index contributed by atoms with van der Waals surface area (Å²) in [4.78, 5) is 24.6. The lowest BCUT2D eigenvalue weighted by atomic mass is 9.90. The molecule has 0 radical (unpaired) electrons. The highest BCUT2D eigenvalue weighted by Gasteiger charge is 2.26. The minimum atomic E-state index is -0.689. The van der Waals surface area contributed by atoms with Crippen LogP contribution in [0.3, 0.4) is 0 Å². The number of hydrogen-bond donors (Lipinski definition) is 3. The predicted molar refractivity (Wildman–Crippen MR) is 101 cm³/mol. The van der Waals surface area contributed by atoms with E-state index in [4.69, 9.17) is 11.1 Å². The highest BCUT2D eigenvalue weighted by atomic mass is 79.9. The van der Waals surface area contributed by atoms with Gasteiger partial charge in [0.1, 0.15) is 10.8 Å². The average molecular weight is 408 g/mol. The average Bonchev–Trinajstić information content (AvgIpc) is 2.89. The maximum Gasteiger partial charge on any atom is 0.260 e. The normalized spacial score (nSPS) is 11.8. The molecule has 1 unspecified atom stereocenters. The quantitative estimate of drug-likeness (QED) is 0.600. The summed E-state index contributed by atoms with van der Waals surface area (Å²) >= 11 is 4.46. The molecule has 0 spiro atoms. The Balaban J connectivity index is 2.32. The van der Waals surface area contributed by atoms with E-state index < -0.39 is 11.8 Å². The first-order valence-electron chi connectivity index (χ1n) is 7.46. The number of nitrogens with one attached hydrogen (secondary N) is 2. The van der Waals surface area contributed by atoms with Gasteiger partial charge in [-0.2, -0.15) is 0 Å². The Morgan fingerprint density at radius 3 is 2.58 bits per heavy atom. The Morgan fingerprint density at radius 1 is 1.33 bits per heavy atom. The first-order valence-corrected chi connectivity index (χ1v) is 9.07. The van der Waals surface area contributed by atoms with Crippen LogP contribution in [0.4, 0.5) is 5.69 Å². The van der Waals surface area contributed by atoms with Crippen molar-refractivity contribution in [1.82, 2.24) is 0 Å². The Bertz CT molecular complexity index is 758. The van der Waals surface area contributed by atoms with Gasteiger partial charge in [0.2, 0.25) is 5.91 Å². The monoisotopic (exact) mass is 407 g/mol. The number of hydrogen-bond acceptors (Lipinski definition) is 4. The molecule has 5 nitrogen and oxygen atoms in total. The fourth-order valence-corrected chi connectivity index (χ4v) is 3.82. The van der Waals surface area contributed by atoms with Gasteiger partial charge in [0.05, 0.1) is 9.47 Å². The number of carbonyl (C=O) groups is 2. The van der Waals surface area contributed by atoms with Crippen LogP contribution in [-0.4, -0.2) is 17.5 Å². The molecule has 24 heavy (non-hydrogen) atoms. The predicted octanol–water partition coefficient (Wildman–Crippen LogP) is 4.15. The zero-order chi connectivity index (χ0) is 17.7. The van der Waals surface area contributed by atoms with Crippen molar-refractivity contribution in [2.24, 2.45) is 5.73 Å². The number of anilines is 1. The van der Waals surface area contributed by atoms with Crippen LogP contribution in [0.1, 0.15) is 40.9 Å². The third kappa shape index (κ3) is 4.30. The Labute approximate surface area is 152 Å². The fraction of sp³-hybridized carbons (Fsp3) is 0.235. The van der Waals surface area contributed by atoms with Gasteiger partial charge >= 0.3 is 0 Å². The molecule has 2 rings (SSSR count). The number of carbonyl (C=O) groups excluding carboxylic acids is 2. The van der Waals surface area contributed by atoms with Gasteiger partial charge in [-0.05, 0) is 34.0 Å². The van der Waals surface area contributed by atoms with Gasteiger partial charge in [-0.15, -0.1) is 11.3 Å². The summed E-state index contributed by atoms with van der Waals surface area (Å²) in [6, 6.07) is 10.8. The lowest BCUT2D eigenvalue weighted by Crippen LogP contribution is -2.28. The largest absolute Gasteiger partial charge is 0.365 e. The molecular formula is C17H18BrN3O2S. The minimum Gasteiger partial charge on any atom is -0.365 e. The first-order chi connectivity index (χ1) is 11.4. The van der Waals surface area contributed by atoms with E-state index in [1.807, 2.05) is 37.3 Å². The van der Waals surface area contributed by atoms with Gasteiger partial charge in [-0.25, -0.2) is 0 Å². The van der Waals surface area contributed by atoms with E-state index in [-0.39, 0.29) is 10.8 Å². The zero-order valence-corrected chi connectivity index (χ0v) is 15.5. The smallest absolute Gasteiger partial charge is 0.260 e. The molecule has 1 aromatic carbocycles. The number of amides is 2. The second kappa shape index (κ2) is 8.21. The molecule has 126 valence electrons. The number of benzene rings is 1. The highest BCUT2D eigenvalue weighted by Crippen LogP contribution is 2.32. The van der Waals surface area contributed by atoms with Crippen molar-refractivity contribution in [1.29, 1.82) is 5.41 Å². The molecule has 0 fully saturated rings. The van der Waals surface area contributed by atoms with E-state index in [2.05, 4.69) is 21.2 Å². The van der Waals surface area contributed by atoms with Gasteiger partial charge in [-0.3, -0.25) is 9.59 Å². The first kappa shape index (κ1) is 18.4. The molecule has 1 aromatic heterocycles. The standard InChI is InChI=1S/C17H18BrN3O2S/c1-2-6-11(19)14(10-7-4-3-5-8-10)17(23)21-12-9-13(18)24-15(12)16(20)22/h3-5,7-9,14,19H,2,6H2,1H3,(H2,20,22)(H,21,23). The van der Waals surface area contributed by atoms with Gasteiger partial charge < -0.3 is 16.5 Å². The number of thiophene rings is 1. The van der Waals surface area contributed by atoms with Crippen molar-refractivity contribution in [2.45, 2.75) is 25.7 Å². The lowest BCUT2D eigenvalue weighted by molar-refractivity contribution is -0.116. The summed E-state index contributed by atoms with van der Waals surface area (Å²) in [5.74, 6) is -1.63. The molecule has 0 aliphatic heterocycles. The zero-order valence-electron chi connectivity index (χ0n) is 13.1. The van der Waals surface area contributed by atoms with Crippen molar-refractivity contribution < 1.29 is 9.59 Å². The van der Waals surface area contributed by atoms with Crippen LogP contribution in [0.2, 0.25) is 0 Å². The van der Waals surface area contributed by atoms with Crippen LogP contribution in [0.5, 0.6) is 0 Å². The van der Waals surface area contributed by atoms with Crippen molar-refractivity contribution in [3.63, 3.8) is 0 Å². The third-order valence-electron chi connectivity index (χ3n) is 3.45. The summed E-state index contributed by atoms with van der Waals surface area (Å²) in [5, 5.41) is 11.0. The number of halogens is 1. The Kier molecular flexibility index (Phi) is 6.28. The van der Waals surface area contributed by atoms with Crippen LogP contribution < -0.4 is 11.1 Å². The molecule has 1 heterocycles. The van der Waals surface area contributed by atoms with E-state index in [0.717, 1.165) is 23.3 Å². The summed E-state index contributed by atoms with van der Waals surface area (Å²) < 4.78 is 0.700. The van der Waals surface area contributed by atoms with Gasteiger partial charge in [0.15, 0.2) is 0 Å². The molecule has 0 bridgehead atoms. The molecule has 0 aliphatic carbocycles. The highest BCUT2D eigenvalue weighted by molar-refractivity contribution is 9.11. The Hall–Kier alpha value is -1.99. The van der Waals surface area contributed by atoms with E-state index in [1.165, 1.54) is 0 Å². The van der Waals surface area contributed by atoms with Gasteiger partial charge in [0, 0.05) is 5.71 Å². The van der Waals surface area contributed by atoms with E-state index in [1.54, 1.807) is 6.07 Å². The van der Waals surface area contributed by atoms with E-state index >= 15 is 0 Å². The fourth-order valence-electron chi connectivity index (χ4n) is 2.41. The van der Waals surface area contributed by atoms with Crippen molar-refractivity contribution in [3.8, 4) is 0 Å². The molecular weight excluding hydrogens is 390 g/mol. The van der Waals surface area contributed by atoms with Crippen molar-refractivity contribution in [3.05, 3.63) is 50.6 Å². The summed E-state index contributed by atoms with van der Waals surface area (Å²) in [5.41, 5.74) is 6.82. The number of primary amides is 1. The molecule has 0 saturated heterocycles. The summed E-state index contributed by atoms with van der Waals surface area (Å²) in [6.07, 6.45) is 1.31. The lowest BCUT2D eigenvalue weighted by Gasteiger charge is -2.18. The summed E-state index contributed by atoms with van der Waals surface area (Å²) in [6.45, 7) is 1.97. The van der Waals surface area contributed by atoms with Crippen LogP contribution in [0.25, 0.3) is 0 Å². The molecule has 2 aromatic rings. The molecule has 0 aliphatic rings. The number of nitrogens with two attached hydrogens (primary N) is 1. The maximum atomic E-state index is 12.8. The molecule has 4 N–H and O–H groups in total. The van der Waals surface area contributed by atoms with Gasteiger partial charge in [-0.1, -0.05) is 43.7 Å². The second-order valence-electron chi connectivity index (χ2n) is 5.27. The van der Waals surface area contributed by atoms with Crippen molar-refractivity contribution >= 4 is 50.5 Å². The maximum absolute atomic E-state index is 12.8. The second-order valence-corrected chi connectivity index (χ2v) is 7.70. The van der Waals surface area contributed by atoms with E-state index in [0.29, 0.717) is 21.6 Å².